The van der Waals surface area contributed by atoms with E-state index in [1.165, 1.54) is 25.8 Å². The molecular formula is C21H19N9O4S2. The van der Waals surface area contributed by atoms with Crippen molar-refractivity contribution in [3.63, 3.8) is 0 Å². The third-order valence-corrected chi connectivity index (χ3v) is 8.69. The second-order valence-electron chi connectivity index (χ2n) is 8.26. The van der Waals surface area contributed by atoms with Crippen molar-refractivity contribution in [2.75, 3.05) is 26.2 Å². The van der Waals surface area contributed by atoms with Crippen LogP contribution in [0.4, 0.5) is 0 Å². The van der Waals surface area contributed by atoms with Gasteiger partial charge in [0.25, 0.3) is 11.5 Å². The molecular weight excluding hydrogens is 506 g/mol. The lowest BCUT2D eigenvalue weighted by atomic mass is 10.2. The molecule has 13 nitrogen and oxygen atoms in total. The zero-order valence-electron chi connectivity index (χ0n) is 18.9. The van der Waals surface area contributed by atoms with Gasteiger partial charge in [-0.3, -0.25) is 14.6 Å². The summed E-state index contributed by atoms with van der Waals surface area (Å²) in [5.41, 5.74) is 1.82. The zero-order valence-corrected chi connectivity index (χ0v) is 20.5. The van der Waals surface area contributed by atoms with Gasteiger partial charge in [0.1, 0.15) is 21.4 Å². The van der Waals surface area contributed by atoms with Crippen molar-refractivity contribution < 1.29 is 13.2 Å². The smallest absolute Gasteiger partial charge is 0.276 e. The highest BCUT2D eigenvalue weighted by Crippen LogP contribution is 2.25. The molecule has 0 bridgehead atoms. The molecule has 0 spiro atoms. The Bertz CT molecular complexity index is 1790. The van der Waals surface area contributed by atoms with Crippen LogP contribution in [0.25, 0.3) is 22.5 Å². The summed E-state index contributed by atoms with van der Waals surface area (Å²) < 4.78 is 39.0. The lowest BCUT2D eigenvalue weighted by Gasteiger charge is -2.34. The van der Waals surface area contributed by atoms with Crippen molar-refractivity contribution >= 4 is 44.2 Å². The van der Waals surface area contributed by atoms with Gasteiger partial charge in [-0.15, -0.1) is 5.10 Å². The highest BCUT2D eigenvalue weighted by atomic mass is 32.2. The van der Waals surface area contributed by atoms with E-state index in [9.17, 15) is 18.0 Å². The molecule has 1 N–H and O–H groups in total. The molecule has 4 aromatic heterocycles. The summed E-state index contributed by atoms with van der Waals surface area (Å²) in [7, 11) is -3.79. The molecule has 1 fully saturated rings. The number of fused-ring (bicyclic) bond motifs is 2. The Kier molecular flexibility index (Phi) is 5.20. The van der Waals surface area contributed by atoms with Crippen LogP contribution in [0.15, 0.2) is 52.4 Å². The van der Waals surface area contributed by atoms with Crippen LogP contribution in [0.1, 0.15) is 16.1 Å². The first-order valence-corrected chi connectivity index (χ1v) is 13.1. The molecule has 184 valence electrons. The highest BCUT2D eigenvalue weighted by Gasteiger charge is 2.33. The first kappa shape index (κ1) is 22.5. The van der Waals surface area contributed by atoms with Gasteiger partial charge < -0.3 is 4.90 Å². The van der Waals surface area contributed by atoms with Gasteiger partial charge >= 0.3 is 0 Å². The van der Waals surface area contributed by atoms with Gasteiger partial charge in [0, 0.05) is 32.4 Å². The molecule has 15 heteroatoms. The van der Waals surface area contributed by atoms with Crippen LogP contribution in [-0.2, 0) is 10.0 Å². The molecule has 36 heavy (non-hydrogen) atoms. The van der Waals surface area contributed by atoms with Crippen molar-refractivity contribution in [1.29, 1.82) is 0 Å². The largest absolute Gasteiger partial charge is 0.336 e. The van der Waals surface area contributed by atoms with Gasteiger partial charge in [-0.1, -0.05) is 6.07 Å². The number of benzene rings is 1. The normalized spacial score (nSPS) is 15.2. The molecule has 1 aliphatic heterocycles. The number of rotatable bonds is 4. The highest BCUT2D eigenvalue weighted by molar-refractivity contribution is 7.89. The monoisotopic (exact) mass is 525 g/mol. The second kappa shape index (κ2) is 8.32. The first-order chi connectivity index (χ1) is 17.3. The van der Waals surface area contributed by atoms with E-state index in [4.69, 9.17) is 0 Å². The van der Waals surface area contributed by atoms with Crippen molar-refractivity contribution in [1.82, 2.24) is 42.3 Å². The molecule has 0 aliphatic carbocycles. The predicted molar refractivity (Wildman–Crippen MR) is 130 cm³/mol. The van der Waals surface area contributed by atoms with Crippen LogP contribution in [0.5, 0.6) is 0 Å². The number of nitrogens with one attached hydrogen (secondary N) is 1. The SMILES string of the molecule is Cc1c(C(=O)N2CCN(S(=O)(=O)c3cccc4nsnc34)CC2)cnn1-c1nn2cccc2c(=O)[nH]1. The Labute approximate surface area is 208 Å². The summed E-state index contributed by atoms with van der Waals surface area (Å²) in [4.78, 5) is 30.0. The number of amides is 1. The topological polar surface area (TPSA) is 151 Å². The summed E-state index contributed by atoms with van der Waals surface area (Å²) in [5, 5.41) is 8.61. The zero-order chi connectivity index (χ0) is 25.0. The summed E-state index contributed by atoms with van der Waals surface area (Å²) in [6.07, 6.45) is 3.08. The average molecular weight is 526 g/mol. The van der Waals surface area contributed by atoms with Crippen LogP contribution >= 0.6 is 11.7 Å². The van der Waals surface area contributed by atoms with Crippen LogP contribution in [0.3, 0.4) is 0 Å². The van der Waals surface area contributed by atoms with Gasteiger partial charge in [-0.25, -0.2) is 17.6 Å². The summed E-state index contributed by atoms with van der Waals surface area (Å²) in [5.74, 6) is -0.0899. The number of nitrogens with zero attached hydrogens (tertiary/aromatic N) is 8. The van der Waals surface area contributed by atoms with Crippen molar-refractivity contribution in [3.05, 3.63) is 64.3 Å². The van der Waals surface area contributed by atoms with E-state index in [2.05, 4.69) is 23.9 Å². The fraction of sp³-hybridized carbons (Fsp3) is 0.238. The van der Waals surface area contributed by atoms with Crippen molar-refractivity contribution in [3.8, 4) is 5.95 Å². The molecule has 0 saturated carbocycles. The molecule has 0 atom stereocenters. The van der Waals surface area contributed by atoms with Crippen LogP contribution in [0.2, 0.25) is 0 Å². The Morgan fingerprint density at radius 1 is 1.08 bits per heavy atom. The predicted octanol–water partition coefficient (Wildman–Crippen LogP) is 0.668. The summed E-state index contributed by atoms with van der Waals surface area (Å²) in [6, 6.07) is 8.25. The first-order valence-electron chi connectivity index (χ1n) is 11.0. The van der Waals surface area contributed by atoms with Crippen molar-refractivity contribution in [2.24, 2.45) is 0 Å². The van der Waals surface area contributed by atoms with E-state index < -0.39 is 10.0 Å². The number of piperazine rings is 1. The Hall–Kier alpha value is -3.95. The quantitative estimate of drug-likeness (QED) is 0.359. The lowest BCUT2D eigenvalue weighted by Crippen LogP contribution is -2.50. The molecule has 1 aromatic carbocycles. The molecule has 0 unspecified atom stereocenters. The number of aromatic nitrogens is 7. The maximum absolute atomic E-state index is 13.3. The lowest BCUT2D eigenvalue weighted by molar-refractivity contribution is 0.0697. The minimum absolute atomic E-state index is 0.117. The molecule has 5 aromatic rings. The van der Waals surface area contributed by atoms with Gasteiger partial charge in [0.15, 0.2) is 0 Å². The van der Waals surface area contributed by atoms with E-state index >= 15 is 0 Å². The molecule has 0 radical (unpaired) electrons. The van der Waals surface area contributed by atoms with E-state index in [-0.39, 0.29) is 48.5 Å². The minimum atomic E-state index is -3.79. The number of hydrogen-bond donors (Lipinski definition) is 1. The number of sulfonamides is 1. The number of hydrogen-bond acceptors (Lipinski definition) is 9. The number of carbonyl (C=O) groups is 1. The number of carbonyl (C=O) groups excluding carboxylic acids is 1. The van der Waals surface area contributed by atoms with E-state index in [1.54, 1.807) is 42.3 Å². The molecule has 5 heterocycles. The summed E-state index contributed by atoms with van der Waals surface area (Å²) >= 11 is 0.966. The van der Waals surface area contributed by atoms with Crippen LogP contribution in [0, 0.1) is 6.92 Å². The molecule has 1 aliphatic rings. The van der Waals surface area contributed by atoms with E-state index in [1.807, 2.05) is 0 Å². The standard InChI is InChI=1S/C21H19N9O4S2/c1-13-14(12-22-30(13)21-23-19(31)16-5-3-7-29(16)24-21)20(32)27-8-10-28(11-9-27)36(33,34)17-6-2-4-15-18(17)26-35-25-15/h2-7,12H,8-11H2,1H3,(H,23,24,31). The van der Waals surface area contributed by atoms with Crippen molar-refractivity contribution in [2.45, 2.75) is 11.8 Å². The third-order valence-electron chi connectivity index (χ3n) is 6.22. The minimum Gasteiger partial charge on any atom is -0.336 e. The van der Waals surface area contributed by atoms with Gasteiger partial charge in [-0.05, 0) is 31.2 Å². The maximum Gasteiger partial charge on any atom is 0.276 e. The number of aromatic amines is 1. The van der Waals surface area contributed by atoms with E-state index in [0.29, 0.717) is 27.8 Å². The van der Waals surface area contributed by atoms with Gasteiger partial charge in [0.2, 0.25) is 16.0 Å². The third kappa shape index (κ3) is 3.51. The fourth-order valence-corrected chi connectivity index (χ4v) is 6.47. The molecule has 1 amide bonds. The summed E-state index contributed by atoms with van der Waals surface area (Å²) in [6.45, 7) is 2.45. The molecule has 6 rings (SSSR count). The Morgan fingerprint density at radius 2 is 1.89 bits per heavy atom. The fourth-order valence-electron chi connectivity index (χ4n) is 4.29. The van der Waals surface area contributed by atoms with Gasteiger partial charge in [-0.2, -0.15) is 18.2 Å². The Morgan fingerprint density at radius 3 is 2.69 bits per heavy atom. The van der Waals surface area contributed by atoms with E-state index in [0.717, 1.165) is 11.7 Å². The molecule has 1 saturated heterocycles. The number of H-pyrrole nitrogens is 1. The maximum atomic E-state index is 13.3. The van der Waals surface area contributed by atoms with Crippen LogP contribution < -0.4 is 5.56 Å². The van der Waals surface area contributed by atoms with Crippen LogP contribution in [-0.4, -0.2) is 82.8 Å². The van der Waals surface area contributed by atoms with Gasteiger partial charge in [0.05, 0.1) is 29.2 Å². The average Bonchev–Trinajstić information content (AvgIpc) is 3.63. The second-order valence-corrected chi connectivity index (χ2v) is 10.7. The Balaban J connectivity index is 1.21.